The highest BCUT2D eigenvalue weighted by Gasteiger charge is 2.22. The lowest BCUT2D eigenvalue weighted by Crippen LogP contribution is -2.51. The number of carbonyl (C=O) groups is 1. The summed E-state index contributed by atoms with van der Waals surface area (Å²) in [5.41, 5.74) is 0.406. The second kappa shape index (κ2) is 7.40. The number of benzene rings is 1. The highest BCUT2D eigenvalue weighted by atomic mass is 35.5. The van der Waals surface area contributed by atoms with Crippen molar-refractivity contribution in [3.05, 3.63) is 22.2 Å². The Balaban J connectivity index is 1.87. The molecule has 1 aromatic carbocycles. The maximum absolute atomic E-state index is 12.2. The number of rotatable bonds is 4. The maximum Gasteiger partial charge on any atom is 0.241 e. The van der Waals surface area contributed by atoms with Gasteiger partial charge in [0.25, 0.3) is 0 Å². The number of nitrogens with zero attached hydrogens (tertiary/aromatic N) is 2. The van der Waals surface area contributed by atoms with Gasteiger partial charge in [0.05, 0.1) is 22.3 Å². The van der Waals surface area contributed by atoms with Gasteiger partial charge in [-0.1, -0.05) is 23.2 Å². The lowest BCUT2D eigenvalue weighted by Gasteiger charge is -2.37. The number of anilines is 1. The summed E-state index contributed by atoms with van der Waals surface area (Å²) in [6.45, 7) is 7.67. The highest BCUT2D eigenvalue weighted by molar-refractivity contribution is 6.42. The minimum absolute atomic E-state index is 0.00822. The van der Waals surface area contributed by atoms with E-state index >= 15 is 0 Å². The molecule has 1 saturated heterocycles. The first-order chi connectivity index (χ1) is 10.4. The number of phenols is 1. The molecule has 1 fully saturated rings. The topological polar surface area (TPSA) is 55.8 Å². The predicted molar refractivity (Wildman–Crippen MR) is 89.9 cm³/mol. The van der Waals surface area contributed by atoms with Crippen LogP contribution in [-0.4, -0.2) is 59.6 Å². The first-order valence-electron chi connectivity index (χ1n) is 7.32. The summed E-state index contributed by atoms with van der Waals surface area (Å²) in [6, 6.07) is 3.38. The number of aromatic hydroxyl groups is 1. The number of phenolic OH excluding ortho intramolecular Hbond substituents is 1. The van der Waals surface area contributed by atoms with Crippen molar-refractivity contribution >= 4 is 34.8 Å². The second-order valence-electron chi connectivity index (χ2n) is 5.65. The summed E-state index contributed by atoms with van der Waals surface area (Å²) < 4.78 is 0. The summed E-state index contributed by atoms with van der Waals surface area (Å²) in [5, 5.41) is 13.3. The molecule has 2 rings (SSSR count). The van der Waals surface area contributed by atoms with Crippen molar-refractivity contribution in [1.29, 1.82) is 0 Å². The zero-order valence-corrected chi connectivity index (χ0v) is 14.3. The molecule has 1 amide bonds. The summed E-state index contributed by atoms with van der Waals surface area (Å²) in [6.07, 6.45) is 0. The lowest BCUT2D eigenvalue weighted by molar-refractivity contribution is -0.131. The van der Waals surface area contributed by atoms with Crippen molar-refractivity contribution in [2.75, 3.05) is 38.0 Å². The van der Waals surface area contributed by atoms with Crippen LogP contribution in [0.1, 0.15) is 13.8 Å². The van der Waals surface area contributed by atoms with Gasteiger partial charge < -0.3 is 15.3 Å². The quantitative estimate of drug-likeness (QED) is 0.823. The minimum atomic E-state index is -0.0215. The van der Waals surface area contributed by atoms with Gasteiger partial charge in [-0.25, -0.2) is 0 Å². The van der Waals surface area contributed by atoms with Crippen molar-refractivity contribution in [3.8, 4) is 5.75 Å². The van der Waals surface area contributed by atoms with E-state index in [0.29, 0.717) is 16.8 Å². The molecule has 0 spiro atoms. The average molecular weight is 346 g/mol. The van der Waals surface area contributed by atoms with E-state index in [1.807, 2.05) is 4.90 Å². The van der Waals surface area contributed by atoms with Crippen LogP contribution in [0.25, 0.3) is 0 Å². The molecule has 1 heterocycles. The van der Waals surface area contributed by atoms with Crippen LogP contribution < -0.4 is 5.32 Å². The molecule has 1 aromatic rings. The second-order valence-corrected chi connectivity index (χ2v) is 6.46. The van der Waals surface area contributed by atoms with E-state index in [2.05, 4.69) is 24.1 Å². The molecule has 122 valence electrons. The number of amides is 1. The Kier molecular flexibility index (Phi) is 5.78. The van der Waals surface area contributed by atoms with Crippen LogP contribution in [0.5, 0.6) is 5.75 Å². The van der Waals surface area contributed by atoms with Crippen LogP contribution in [0.4, 0.5) is 5.69 Å². The molecule has 0 saturated carbocycles. The monoisotopic (exact) mass is 345 g/mol. The Labute approximate surface area is 140 Å². The summed E-state index contributed by atoms with van der Waals surface area (Å²) in [4.78, 5) is 16.4. The number of piperazine rings is 1. The van der Waals surface area contributed by atoms with Gasteiger partial charge in [0, 0.05) is 38.3 Å². The van der Waals surface area contributed by atoms with Gasteiger partial charge in [0.1, 0.15) is 5.75 Å². The molecule has 5 nitrogen and oxygen atoms in total. The SMILES string of the molecule is CC(C)N1CCN(C(=O)CNc2cc(Cl)c(Cl)cc2O)CC1. The van der Waals surface area contributed by atoms with Crippen molar-refractivity contribution in [1.82, 2.24) is 9.80 Å². The lowest BCUT2D eigenvalue weighted by atomic mass is 10.2. The van der Waals surface area contributed by atoms with Crippen LogP contribution in [0.3, 0.4) is 0 Å². The number of nitrogens with one attached hydrogen (secondary N) is 1. The third-order valence-electron chi connectivity index (χ3n) is 3.87. The van der Waals surface area contributed by atoms with Crippen molar-refractivity contribution in [2.45, 2.75) is 19.9 Å². The van der Waals surface area contributed by atoms with E-state index in [4.69, 9.17) is 23.2 Å². The Hall–Kier alpha value is -1.17. The van der Waals surface area contributed by atoms with Gasteiger partial charge in [-0.05, 0) is 19.9 Å². The molecule has 2 N–H and O–H groups in total. The largest absolute Gasteiger partial charge is 0.506 e. The van der Waals surface area contributed by atoms with Crippen LogP contribution in [0, 0.1) is 0 Å². The molecule has 0 aliphatic carbocycles. The molecule has 0 aromatic heterocycles. The maximum atomic E-state index is 12.2. The number of hydrogen-bond donors (Lipinski definition) is 2. The zero-order valence-electron chi connectivity index (χ0n) is 12.8. The summed E-state index contributed by atoms with van der Waals surface area (Å²) in [7, 11) is 0. The Morgan fingerprint density at radius 3 is 2.41 bits per heavy atom. The van der Waals surface area contributed by atoms with Crippen LogP contribution >= 0.6 is 23.2 Å². The van der Waals surface area contributed by atoms with Crippen LogP contribution in [0.2, 0.25) is 10.0 Å². The predicted octanol–water partition coefficient (Wildman–Crippen LogP) is 2.66. The van der Waals surface area contributed by atoms with Gasteiger partial charge in [0.15, 0.2) is 0 Å². The smallest absolute Gasteiger partial charge is 0.241 e. The van der Waals surface area contributed by atoms with E-state index in [9.17, 15) is 9.90 Å². The normalized spacial score (nSPS) is 16.1. The molecule has 1 aliphatic heterocycles. The summed E-state index contributed by atoms with van der Waals surface area (Å²) in [5.74, 6) is -0.0132. The fourth-order valence-corrected chi connectivity index (χ4v) is 2.77. The van der Waals surface area contributed by atoms with E-state index in [-0.39, 0.29) is 23.2 Å². The van der Waals surface area contributed by atoms with E-state index in [1.54, 1.807) is 0 Å². The van der Waals surface area contributed by atoms with Crippen LogP contribution in [-0.2, 0) is 4.79 Å². The first kappa shape index (κ1) is 17.2. The number of halogens is 2. The zero-order chi connectivity index (χ0) is 16.3. The first-order valence-corrected chi connectivity index (χ1v) is 8.07. The summed E-state index contributed by atoms with van der Waals surface area (Å²) >= 11 is 11.7. The average Bonchev–Trinajstić information content (AvgIpc) is 2.49. The molecule has 0 unspecified atom stereocenters. The molecule has 7 heteroatoms. The van der Waals surface area contributed by atoms with Crippen molar-refractivity contribution in [2.24, 2.45) is 0 Å². The molecule has 1 aliphatic rings. The fraction of sp³-hybridized carbons (Fsp3) is 0.533. The molecule has 0 radical (unpaired) electrons. The minimum Gasteiger partial charge on any atom is -0.506 e. The third kappa shape index (κ3) is 4.18. The Morgan fingerprint density at radius 2 is 1.82 bits per heavy atom. The van der Waals surface area contributed by atoms with Crippen molar-refractivity contribution < 1.29 is 9.90 Å². The van der Waals surface area contributed by atoms with Gasteiger partial charge in [-0.15, -0.1) is 0 Å². The number of carbonyl (C=O) groups excluding carboxylic acids is 1. The Morgan fingerprint density at radius 1 is 1.23 bits per heavy atom. The van der Waals surface area contributed by atoms with Gasteiger partial charge in [-0.3, -0.25) is 9.69 Å². The molecular weight excluding hydrogens is 325 g/mol. The van der Waals surface area contributed by atoms with Crippen LogP contribution in [0.15, 0.2) is 12.1 Å². The Bertz CT molecular complexity index is 544. The molecular formula is C15H21Cl2N3O2. The standard InChI is InChI=1S/C15H21Cl2N3O2/c1-10(2)19-3-5-20(6-4-19)15(22)9-18-13-7-11(16)12(17)8-14(13)21/h7-8,10,18,21H,3-6,9H2,1-2H3. The van der Waals surface area contributed by atoms with Gasteiger partial charge in [0.2, 0.25) is 5.91 Å². The van der Waals surface area contributed by atoms with E-state index < -0.39 is 0 Å². The van der Waals surface area contributed by atoms with Crippen molar-refractivity contribution in [3.63, 3.8) is 0 Å². The fourth-order valence-electron chi connectivity index (χ4n) is 2.45. The highest BCUT2D eigenvalue weighted by Crippen LogP contribution is 2.33. The van der Waals surface area contributed by atoms with Gasteiger partial charge in [-0.2, -0.15) is 0 Å². The number of hydrogen-bond acceptors (Lipinski definition) is 4. The van der Waals surface area contributed by atoms with E-state index in [1.165, 1.54) is 12.1 Å². The molecule has 22 heavy (non-hydrogen) atoms. The molecule has 0 atom stereocenters. The van der Waals surface area contributed by atoms with E-state index in [0.717, 1.165) is 26.2 Å². The third-order valence-corrected chi connectivity index (χ3v) is 4.59. The molecule has 0 bridgehead atoms. The van der Waals surface area contributed by atoms with Gasteiger partial charge >= 0.3 is 0 Å².